The summed E-state index contributed by atoms with van der Waals surface area (Å²) in [5.41, 5.74) is 10.9. The van der Waals surface area contributed by atoms with Crippen molar-refractivity contribution in [3.63, 3.8) is 0 Å². The topological polar surface area (TPSA) is 141 Å². The molecule has 0 aliphatic heterocycles. The maximum absolute atomic E-state index is 10.6. The van der Waals surface area contributed by atoms with Crippen molar-refractivity contribution in [1.29, 1.82) is 0 Å². The van der Waals surface area contributed by atoms with Gasteiger partial charge in [-0.1, -0.05) is 0 Å². The number of carbonyl (C=O) groups is 1. The Hall–Kier alpha value is -2.42. The van der Waals surface area contributed by atoms with Gasteiger partial charge < -0.3 is 16.6 Å². The molecule has 0 unspecified atom stereocenters. The number of hydrogen-bond donors (Lipinski definition) is 3. The number of nitrogens with two attached hydrogens (primary N) is 2. The summed E-state index contributed by atoms with van der Waals surface area (Å²) in [6, 6.07) is 1.43. The van der Waals surface area contributed by atoms with E-state index in [2.05, 4.69) is 19.9 Å². The van der Waals surface area contributed by atoms with Crippen molar-refractivity contribution in [1.82, 2.24) is 19.9 Å². The molecule has 8 nitrogen and oxygen atoms in total. The lowest BCUT2D eigenvalue weighted by Crippen LogP contribution is -2.02. The molecule has 0 spiro atoms. The van der Waals surface area contributed by atoms with Crippen LogP contribution in [0.3, 0.4) is 0 Å². The molecule has 92 valence electrons. The van der Waals surface area contributed by atoms with Crippen molar-refractivity contribution in [2.75, 3.05) is 11.5 Å². The monoisotopic (exact) mass is 264 g/mol. The van der Waals surface area contributed by atoms with E-state index in [1.807, 2.05) is 0 Å². The molecule has 0 aliphatic rings. The number of aromatic nitrogens is 4. The average Bonchev–Trinajstić information content (AvgIpc) is 2.28. The molecule has 2 aromatic heterocycles. The van der Waals surface area contributed by atoms with Crippen LogP contribution in [0.2, 0.25) is 0 Å². The zero-order valence-electron chi connectivity index (χ0n) is 8.94. The Kier molecular flexibility index (Phi) is 3.24. The van der Waals surface area contributed by atoms with Crippen molar-refractivity contribution < 1.29 is 9.90 Å². The molecule has 2 heterocycles. The second-order valence-electron chi connectivity index (χ2n) is 3.15. The lowest BCUT2D eigenvalue weighted by atomic mass is 10.5. The lowest BCUT2D eigenvalue weighted by molar-refractivity contribution is 0.0689. The fourth-order valence-corrected chi connectivity index (χ4v) is 1.78. The highest BCUT2D eigenvalue weighted by molar-refractivity contribution is 7.99. The second-order valence-corrected chi connectivity index (χ2v) is 4.13. The van der Waals surface area contributed by atoms with E-state index in [4.69, 9.17) is 16.6 Å². The largest absolute Gasteiger partial charge is 0.476 e. The third-order valence-electron chi connectivity index (χ3n) is 1.79. The molecule has 0 saturated heterocycles. The zero-order chi connectivity index (χ0) is 13.1. The molecule has 2 rings (SSSR count). The molecule has 5 N–H and O–H groups in total. The molecule has 2 aromatic rings. The molecule has 0 aliphatic carbocycles. The van der Waals surface area contributed by atoms with Crippen LogP contribution >= 0.6 is 11.8 Å². The van der Waals surface area contributed by atoms with Crippen molar-refractivity contribution in [3.8, 4) is 0 Å². The average molecular weight is 264 g/mol. The maximum atomic E-state index is 10.6. The van der Waals surface area contributed by atoms with Crippen LogP contribution < -0.4 is 11.5 Å². The third kappa shape index (κ3) is 2.83. The lowest BCUT2D eigenvalue weighted by Gasteiger charge is -2.01. The van der Waals surface area contributed by atoms with Gasteiger partial charge in [-0.2, -0.15) is 0 Å². The summed E-state index contributed by atoms with van der Waals surface area (Å²) in [4.78, 5) is 26.1. The number of aromatic carboxylic acids is 1. The molecular formula is C9H8N6O2S. The number of nitrogens with zero attached hydrogens (tertiary/aromatic N) is 4. The molecule has 0 atom stereocenters. The number of rotatable bonds is 3. The predicted octanol–water partition coefficient (Wildman–Crippen LogP) is 0.280. The van der Waals surface area contributed by atoms with Gasteiger partial charge in [0.05, 0.1) is 12.4 Å². The number of hydrogen-bond acceptors (Lipinski definition) is 8. The molecule has 0 aromatic carbocycles. The van der Waals surface area contributed by atoms with E-state index in [1.54, 1.807) is 0 Å². The number of nitrogen functional groups attached to an aromatic ring is 2. The highest BCUT2D eigenvalue weighted by Crippen LogP contribution is 2.23. The Bertz CT molecular complexity index is 568. The summed E-state index contributed by atoms with van der Waals surface area (Å²) >= 11 is 1.09. The summed E-state index contributed by atoms with van der Waals surface area (Å²) in [5.74, 6) is -0.635. The van der Waals surface area contributed by atoms with Crippen LogP contribution in [0.5, 0.6) is 0 Å². The minimum atomic E-state index is -1.14. The minimum absolute atomic E-state index is 0.132. The van der Waals surface area contributed by atoms with Gasteiger partial charge in [-0.3, -0.25) is 0 Å². The van der Waals surface area contributed by atoms with Gasteiger partial charge >= 0.3 is 5.97 Å². The molecule has 18 heavy (non-hydrogen) atoms. The van der Waals surface area contributed by atoms with Gasteiger partial charge in [0, 0.05) is 6.07 Å². The molecule has 0 fully saturated rings. The van der Waals surface area contributed by atoms with Crippen molar-refractivity contribution in [3.05, 3.63) is 24.2 Å². The van der Waals surface area contributed by atoms with Crippen LogP contribution in [-0.2, 0) is 0 Å². The molecule has 0 radical (unpaired) electrons. The number of carboxylic acid groups (broad SMARTS) is 1. The number of anilines is 2. The summed E-state index contributed by atoms with van der Waals surface area (Å²) in [5, 5.41) is 9.44. The van der Waals surface area contributed by atoms with Crippen LogP contribution in [-0.4, -0.2) is 31.0 Å². The maximum Gasteiger partial charge on any atom is 0.356 e. The first-order valence-electron chi connectivity index (χ1n) is 4.68. The standard InChI is InChI=1S/C9H8N6O2S/c10-5-1-6(11)15-9(14-5)18-7-3-12-4(2-13-7)8(16)17/h1-3H,(H,16,17)(H4,10,11,14,15). The van der Waals surface area contributed by atoms with E-state index in [-0.39, 0.29) is 17.3 Å². The summed E-state index contributed by atoms with van der Waals surface area (Å²) in [6.45, 7) is 0. The normalized spacial score (nSPS) is 10.2. The van der Waals surface area contributed by atoms with Gasteiger partial charge in [-0.05, 0) is 11.8 Å². The Labute approximate surface area is 105 Å². The second kappa shape index (κ2) is 4.84. The van der Waals surface area contributed by atoms with Crippen molar-refractivity contribution in [2.45, 2.75) is 10.2 Å². The van der Waals surface area contributed by atoms with Gasteiger partial charge in [0.25, 0.3) is 0 Å². The highest BCUT2D eigenvalue weighted by Gasteiger charge is 2.08. The van der Waals surface area contributed by atoms with Gasteiger partial charge in [0.1, 0.15) is 16.7 Å². The summed E-state index contributed by atoms with van der Waals surface area (Å²) < 4.78 is 0. The first-order chi connectivity index (χ1) is 8.54. The smallest absolute Gasteiger partial charge is 0.356 e. The molecule has 0 saturated carbocycles. The minimum Gasteiger partial charge on any atom is -0.476 e. The molecular weight excluding hydrogens is 256 g/mol. The van der Waals surface area contributed by atoms with Crippen LogP contribution in [0, 0.1) is 0 Å². The quantitative estimate of drug-likeness (QED) is 0.666. The molecule has 0 bridgehead atoms. The van der Waals surface area contributed by atoms with Gasteiger partial charge in [0.15, 0.2) is 10.9 Å². The Morgan fingerprint density at radius 3 is 2.33 bits per heavy atom. The van der Waals surface area contributed by atoms with Crippen molar-refractivity contribution >= 4 is 29.4 Å². The van der Waals surface area contributed by atoms with E-state index in [0.29, 0.717) is 10.2 Å². The van der Waals surface area contributed by atoms with Crippen LogP contribution in [0.15, 0.2) is 28.6 Å². The first-order valence-corrected chi connectivity index (χ1v) is 5.49. The van der Waals surface area contributed by atoms with E-state index in [0.717, 1.165) is 18.0 Å². The van der Waals surface area contributed by atoms with E-state index in [1.165, 1.54) is 12.3 Å². The Morgan fingerprint density at radius 1 is 1.17 bits per heavy atom. The fourth-order valence-electron chi connectivity index (χ4n) is 1.08. The Morgan fingerprint density at radius 2 is 1.83 bits per heavy atom. The summed E-state index contributed by atoms with van der Waals surface area (Å²) in [7, 11) is 0. The third-order valence-corrected chi connectivity index (χ3v) is 2.57. The van der Waals surface area contributed by atoms with Crippen molar-refractivity contribution in [2.24, 2.45) is 0 Å². The molecule has 0 amide bonds. The Balaban J connectivity index is 2.20. The van der Waals surface area contributed by atoms with Crippen LogP contribution in [0.25, 0.3) is 0 Å². The highest BCUT2D eigenvalue weighted by atomic mass is 32.2. The predicted molar refractivity (Wildman–Crippen MR) is 64.0 cm³/mol. The zero-order valence-corrected chi connectivity index (χ0v) is 9.76. The number of carboxylic acids is 1. The van der Waals surface area contributed by atoms with Gasteiger partial charge in [-0.25, -0.2) is 24.7 Å². The van der Waals surface area contributed by atoms with E-state index < -0.39 is 5.97 Å². The summed E-state index contributed by atoms with van der Waals surface area (Å²) in [6.07, 6.45) is 2.47. The fraction of sp³-hybridized carbons (Fsp3) is 0. The van der Waals surface area contributed by atoms with Gasteiger partial charge in [-0.15, -0.1) is 0 Å². The molecule has 9 heteroatoms. The van der Waals surface area contributed by atoms with Crippen LogP contribution in [0.4, 0.5) is 11.6 Å². The van der Waals surface area contributed by atoms with E-state index in [9.17, 15) is 4.79 Å². The first kappa shape index (κ1) is 12.0. The SMILES string of the molecule is Nc1cc(N)nc(Sc2cnc(C(=O)O)cn2)n1. The van der Waals surface area contributed by atoms with Gasteiger partial charge in [0.2, 0.25) is 0 Å². The van der Waals surface area contributed by atoms with Crippen LogP contribution in [0.1, 0.15) is 10.5 Å². The van der Waals surface area contributed by atoms with E-state index >= 15 is 0 Å².